The van der Waals surface area contributed by atoms with Crippen molar-refractivity contribution in [2.75, 3.05) is 19.8 Å². The lowest BCUT2D eigenvalue weighted by molar-refractivity contribution is 0.435. The number of aryl methyl sites for hydroxylation is 2. The Morgan fingerprint density at radius 1 is 1.38 bits per heavy atom. The number of rotatable bonds is 8. The Morgan fingerprint density at radius 2 is 2.08 bits per heavy atom. The van der Waals surface area contributed by atoms with E-state index in [2.05, 4.69) is 19.2 Å². The molecule has 3 N–H and O–H groups in total. The molecule has 0 radical (unpaired) electrons. The number of halogens is 1. The molecule has 0 spiro atoms. The first kappa shape index (κ1) is 19.3. The van der Waals surface area contributed by atoms with Gasteiger partial charge >= 0.3 is 5.69 Å². The highest BCUT2D eigenvalue weighted by atomic mass is 32.1. The molecule has 6 nitrogen and oxygen atoms in total. The van der Waals surface area contributed by atoms with Crippen molar-refractivity contribution in [3.8, 4) is 0 Å². The molecule has 3 rings (SSSR count). The molecular formula is C18H27FN4O2S. The molecule has 1 atom stereocenters. The van der Waals surface area contributed by atoms with Crippen LogP contribution < -0.4 is 22.3 Å². The molecule has 0 amide bonds. The van der Waals surface area contributed by atoms with Gasteiger partial charge in [-0.25, -0.2) is 4.79 Å². The maximum Gasteiger partial charge on any atom is 0.332 e. The van der Waals surface area contributed by atoms with E-state index in [1.165, 1.54) is 15.9 Å². The Kier molecular flexibility index (Phi) is 5.37. The molecule has 8 heteroatoms. The van der Waals surface area contributed by atoms with E-state index in [4.69, 9.17) is 5.73 Å². The van der Waals surface area contributed by atoms with Gasteiger partial charge in [0.05, 0.1) is 12.1 Å². The zero-order valence-electron chi connectivity index (χ0n) is 15.6. The Bertz CT molecular complexity index is 928. The lowest BCUT2D eigenvalue weighted by Gasteiger charge is -2.12. The van der Waals surface area contributed by atoms with E-state index in [-0.39, 0.29) is 35.7 Å². The Labute approximate surface area is 155 Å². The summed E-state index contributed by atoms with van der Waals surface area (Å²) >= 11 is 1.44. The highest BCUT2D eigenvalue weighted by Gasteiger charge is 2.49. The van der Waals surface area contributed by atoms with Crippen molar-refractivity contribution in [2.45, 2.75) is 52.7 Å². The number of alkyl halides is 1. The molecule has 1 fully saturated rings. The minimum atomic E-state index is -0.489. The van der Waals surface area contributed by atoms with Crippen molar-refractivity contribution in [1.82, 2.24) is 14.5 Å². The molecule has 144 valence electrons. The predicted octanol–water partition coefficient (Wildman–Crippen LogP) is 1.91. The van der Waals surface area contributed by atoms with Crippen molar-refractivity contribution in [3.05, 3.63) is 31.3 Å². The second-order valence-corrected chi connectivity index (χ2v) is 8.74. The summed E-state index contributed by atoms with van der Waals surface area (Å²) in [6, 6.07) is -0.0818. The number of hydrogen-bond donors (Lipinski definition) is 2. The lowest BCUT2D eigenvalue weighted by atomic mass is 10.2. The van der Waals surface area contributed by atoms with E-state index < -0.39 is 6.67 Å². The largest absolute Gasteiger partial charge is 0.332 e. The Balaban J connectivity index is 2.19. The normalized spacial score (nSPS) is 18.6. The minimum Gasteiger partial charge on any atom is -0.329 e. The van der Waals surface area contributed by atoms with Gasteiger partial charge in [0.15, 0.2) is 0 Å². The van der Waals surface area contributed by atoms with Gasteiger partial charge in [-0.15, -0.1) is 11.3 Å². The second-order valence-electron chi connectivity index (χ2n) is 7.66. The first-order valence-corrected chi connectivity index (χ1v) is 9.89. The summed E-state index contributed by atoms with van der Waals surface area (Å²) in [5.74, 6) is 0. The lowest BCUT2D eigenvalue weighted by Crippen LogP contribution is -2.40. The maximum absolute atomic E-state index is 13.2. The van der Waals surface area contributed by atoms with Gasteiger partial charge in [0, 0.05) is 37.1 Å². The van der Waals surface area contributed by atoms with Gasteiger partial charge in [-0.05, 0) is 30.7 Å². The number of nitrogens with one attached hydrogen (secondary N) is 1. The first-order chi connectivity index (χ1) is 12.3. The third-order valence-corrected chi connectivity index (χ3v) is 6.55. The van der Waals surface area contributed by atoms with Crippen LogP contribution in [0.5, 0.6) is 0 Å². The van der Waals surface area contributed by atoms with Crippen molar-refractivity contribution >= 4 is 21.6 Å². The topological polar surface area (TPSA) is 82.1 Å². The fraction of sp³-hybridized carbons (Fsp3) is 0.667. The summed E-state index contributed by atoms with van der Waals surface area (Å²) in [5, 5.41) is 3.84. The molecule has 2 heterocycles. The summed E-state index contributed by atoms with van der Waals surface area (Å²) in [7, 11) is 0. The minimum absolute atomic E-state index is 0.0516. The first-order valence-electron chi connectivity index (χ1n) is 9.07. The van der Waals surface area contributed by atoms with Crippen molar-refractivity contribution in [2.24, 2.45) is 11.1 Å². The van der Waals surface area contributed by atoms with Gasteiger partial charge in [-0.1, -0.05) is 13.8 Å². The van der Waals surface area contributed by atoms with Gasteiger partial charge in [-0.2, -0.15) is 0 Å². The maximum atomic E-state index is 13.2. The summed E-state index contributed by atoms with van der Waals surface area (Å²) < 4.78 is 15.8. The average molecular weight is 383 g/mol. The van der Waals surface area contributed by atoms with Crippen LogP contribution in [-0.4, -0.2) is 28.9 Å². The Hall–Kier alpha value is -1.51. The molecule has 0 aromatic carbocycles. The fourth-order valence-corrected chi connectivity index (χ4v) is 4.74. The summed E-state index contributed by atoms with van der Waals surface area (Å²) in [5.41, 5.74) is 5.85. The third kappa shape index (κ3) is 3.25. The Morgan fingerprint density at radius 3 is 2.65 bits per heavy atom. The van der Waals surface area contributed by atoms with Crippen LogP contribution in [0.4, 0.5) is 4.39 Å². The highest BCUT2D eigenvalue weighted by molar-refractivity contribution is 7.18. The van der Waals surface area contributed by atoms with Crippen LogP contribution in [0.3, 0.4) is 0 Å². The van der Waals surface area contributed by atoms with Crippen LogP contribution in [0.15, 0.2) is 9.59 Å². The smallest absolute Gasteiger partial charge is 0.329 e. The van der Waals surface area contributed by atoms with Gasteiger partial charge in [0.25, 0.3) is 5.56 Å². The van der Waals surface area contributed by atoms with Crippen molar-refractivity contribution in [1.29, 1.82) is 0 Å². The zero-order chi connectivity index (χ0) is 19.1. The van der Waals surface area contributed by atoms with Crippen LogP contribution in [0.1, 0.15) is 43.2 Å². The number of nitrogens with two attached hydrogens (primary N) is 1. The molecule has 2 aromatic rings. The monoisotopic (exact) mass is 382 g/mol. The molecule has 1 aliphatic carbocycles. The SMILES string of the molecule is Cc1c(CNCCN)sc2c1c(=O)n(C1CC1(C)C)c(=O)n2CCCF. The summed E-state index contributed by atoms with van der Waals surface area (Å²) in [6.07, 6.45) is 1.07. The quantitative estimate of drug-likeness (QED) is 0.684. The molecule has 26 heavy (non-hydrogen) atoms. The van der Waals surface area contributed by atoms with Gasteiger partial charge in [0.2, 0.25) is 0 Å². The molecular weight excluding hydrogens is 355 g/mol. The number of aromatic nitrogens is 2. The van der Waals surface area contributed by atoms with E-state index in [0.29, 0.717) is 29.9 Å². The van der Waals surface area contributed by atoms with E-state index in [9.17, 15) is 14.0 Å². The van der Waals surface area contributed by atoms with Crippen LogP contribution in [0, 0.1) is 12.3 Å². The second kappa shape index (κ2) is 7.25. The molecule has 1 unspecified atom stereocenters. The molecule has 2 aromatic heterocycles. The number of hydrogen-bond acceptors (Lipinski definition) is 5. The van der Waals surface area contributed by atoms with E-state index in [0.717, 1.165) is 16.9 Å². The number of nitrogens with zero attached hydrogens (tertiary/aromatic N) is 2. The summed E-state index contributed by atoms with van der Waals surface area (Å²) in [4.78, 5) is 27.9. The van der Waals surface area contributed by atoms with Crippen LogP contribution >= 0.6 is 11.3 Å². The predicted molar refractivity (Wildman–Crippen MR) is 104 cm³/mol. The zero-order valence-corrected chi connectivity index (χ0v) is 16.4. The molecule has 0 saturated heterocycles. The number of thiophene rings is 1. The van der Waals surface area contributed by atoms with Crippen LogP contribution in [0.2, 0.25) is 0 Å². The molecule has 1 saturated carbocycles. The number of fused-ring (bicyclic) bond motifs is 1. The van der Waals surface area contributed by atoms with Gasteiger partial charge in [0.1, 0.15) is 4.83 Å². The highest BCUT2D eigenvalue weighted by Crippen LogP contribution is 2.54. The van der Waals surface area contributed by atoms with Gasteiger partial charge in [-0.3, -0.25) is 18.3 Å². The summed E-state index contributed by atoms with van der Waals surface area (Å²) in [6.45, 7) is 7.66. The van der Waals surface area contributed by atoms with Gasteiger partial charge < -0.3 is 11.1 Å². The molecule has 0 aliphatic heterocycles. The van der Waals surface area contributed by atoms with Crippen molar-refractivity contribution in [3.63, 3.8) is 0 Å². The average Bonchev–Trinajstić information content (AvgIpc) is 3.07. The fourth-order valence-electron chi connectivity index (χ4n) is 3.45. The van der Waals surface area contributed by atoms with Crippen LogP contribution in [-0.2, 0) is 13.1 Å². The van der Waals surface area contributed by atoms with Crippen LogP contribution in [0.25, 0.3) is 10.2 Å². The van der Waals surface area contributed by atoms with E-state index >= 15 is 0 Å². The molecule has 0 bridgehead atoms. The molecule has 1 aliphatic rings. The van der Waals surface area contributed by atoms with E-state index in [1.807, 2.05) is 6.92 Å². The third-order valence-electron chi connectivity index (χ3n) is 5.24. The van der Waals surface area contributed by atoms with E-state index in [1.54, 1.807) is 4.57 Å². The standard InChI is InChI=1S/C18H27FN4O2S/c1-11-12(10-21-7-6-20)26-16-14(11)15(24)23(13-9-18(13,2)3)17(25)22(16)8-4-5-19/h13,21H,4-10,20H2,1-3H3. The van der Waals surface area contributed by atoms with Crippen molar-refractivity contribution < 1.29 is 4.39 Å².